The Kier molecular flexibility index (Phi) is 3.54. The van der Waals surface area contributed by atoms with E-state index in [4.69, 9.17) is 0 Å². The predicted octanol–water partition coefficient (Wildman–Crippen LogP) is 1.84. The molecule has 0 spiro atoms. The van der Waals surface area contributed by atoms with Gasteiger partial charge in [-0.1, -0.05) is 0 Å². The van der Waals surface area contributed by atoms with Gasteiger partial charge in [0.15, 0.2) is 0 Å². The van der Waals surface area contributed by atoms with Gasteiger partial charge in [-0.15, -0.1) is 0 Å². The van der Waals surface area contributed by atoms with Crippen LogP contribution >= 0.6 is 11.8 Å². The Morgan fingerprint density at radius 1 is 1.56 bits per heavy atom. The molecule has 1 heterocycles. The van der Waals surface area contributed by atoms with E-state index in [2.05, 4.69) is 35.5 Å². The Bertz CT molecular complexity index is 344. The van der Waals surface area contributed by atoms with E-state index in [0.717, 1.165) is 18.9 Å². The maximum absolute atomic E-state index is 4.29. The van der Waals surface area contributed by atoms with E-state index in [0.29, 0.717) is 10.8 Å². The topological polar surface area (TPSA) is 42.7 Å². The van der Waals surface area contributed by atoms with Crippen LogP contribution in [0.5, 0.6) is 0 Å². The number of aromatic nitrogens is 3. The molecule has 1 aliphatic carbocycles. The SMILES string of the molecule is CSC1(CNCc2ncnn2C(C)C)CC1. The molecule has 0 amide bonds. The summed E-state index contributed by atoms with van der Waals surface area (Å²) < 4.78 is 2.49. The van der Waals surface area contributed by atoms with Gasteiger partial charge in [0.1, 0.15) is 12.2 Å². The molecule has 4 nitrogen and oxygen atoms in total. The van der Waals surface area contributed by atoms with Crippen molar-refractivity contribution in [2.24, 2.45) is 0 Å². The Hall–Kier alpha value is -0.550. The Labute approximate surface area is 101 Å². The third kappa shape index (κ3) is 2.58. The van der Waals surface area contributed by atoms with Crippen molar-refractivity contribution in [2.45, 2.75) is 44.0 Å². The van der Waals surface area contributed by atoms with Crippen LogP contribution in [0.25, 0.3) is 0 Å². The van der Waals surface area contributed by atoms with Crippen LogP contribution in [0.15, 0.2) is 6.33 Å². The summed E-state index contributed by atoms with van der Waals surface area (Å²) in [6.45, 7) is 6.16. The lowest BCUT2D eigenvalue weighted by atomic mass is 10.4. The van der Waals surface area contributed by atoms with Crippen LogP contribution in [0.1, 0.15) is 38.6 Å². The smallest absolute Gasteiger partial charge is 0.141 e. The summed E-state index contributed by atoms with van der Waals surface area (Å²) in [4.78, 5) is 4.29. The van der Waals surface area contributed by atoms with Crippen LogP contribution in [0.2, 0.25) is 0 Å². The highest BCUT2D eigenvalue weighted by Gasteiger charge is 2.41. The van der Waals surface area contributed by atoms with Gasteiger partial charge in [0.25, 0.3) is 0 Å². The average Bonchev–Trinajstić information content (AvgIpc) is 2.88. The van der Waals surface area contributed by atoms with Gasteiger partial charge in [0.05, 0.1) is 6.54 Å². The first kappa shape index (κ1) is 11.9. The van der Waals surface area contributed by atoms with Gasteiger partial charge in [-0.3, -0.25) is 0 Å². The minimum atomic E-state index is 0.384. The highest BCUT2D eigenvalue weighted by atomic mass is 32.2. The number of hydrogen-bond acceptors (Lipinski definition) is 4. The number of nitrogens with one attached hydrogen (secondary N) is 1. The lowest BCUT2D eigenvalue weighted by molar-refractivity contribution is 0.489. The molecule has 1 aromatic heterocycles. The summed E-state index contributed by atoms with van der Waals surface area (Å²) in [6.07, 6.45) is 6.53. The van der Waals surface area contributed by atoms with Crippen molar-refractivity contribution in [2.75, 3.05) is 12.8 Å². The summed E-state index contributed by atoms with van der Waals surface area (Å²) in [7, 11) is 0. The molecule has 0 bridgehead atoms. The summed E-state index contributed by atoms with van der Waals surface area (Å²) in [6, 6.07) is 0.384. The average molecular weight is 240 g/mol. The number of rotatable bonds is 6. The van der Waals surface area contributed by atoms with E-state index in [1.165, 1.54) is 12.8 Å². The van der Waals surface area contributed by atoms with E-state index >= 15 is 0 Å². The maximum atomic E-state index is 4.29. The molecule has 0 radical (unpaired) electrons. The molecule has 0 aromatic carbocycles. The molecule has 16 heavy (non-hydrogen) atoms. The third-order valence-electron chi connectivity index (χ3n) is 3.11. The molecule has 5 heteroatoms. The first-order valence-corrected chi connectivity index (χ1v) is 7.03. The highest BCUT2D eigenvalue weighted by Crippen LogP contribution is 2.46. The second-order valence-electron chi connectivity index (χ2n) is 4.71. The Morgan fingerprint density at radius 3 is 2.88 bits per heavy atom. The molecule has 1 aromatic rings. The first-order chi connectivity index (χ1) is 7.67. The Morgan fingerprint density at radius 2 is 2.31 bits per heavy atom. The van der Waals surface area contributed by atoms with Crippen molar-refractivity contribution in [3.63, 3.8) is 0 Å². The fourth-order valence-corrected chi connectivity index (χ4v) is 2.58. The summed E-state index contributed by atoms with van der Waals surface area (Å²) in [5.74, 6) is 1.03. The van der Waals surface area contributed by atoms with E-state index in [9.17, 15) is 0 Å². The highest BCUT2D eigenvalue weighted by molar-refractivity contribution is 8.00. The monoisotopic (exact) mass is 240 g/mol. The lowest BCUT2D eigenvalue weighted by Gasteiger charge is -2.14. The van der Waals surface area contributed by atoms with Crippen molar-refractivity contribution in [3.8, 4) is 0 Å². The van der Waals surface area contributed by atoms with Crippen LogP contribution in [0, 0.1) is 0 Å². The van der Waals surface area contributed by atoms with Gasteiger partial charge < -0.3 is 5.32 Å². The molecule has 1 saturated carbocycles. The van der Waals surface area contributed by atoms with E-state index in [1.807, 2.05) is 16.4 Å². The number of hydrogen-bond donors (Lipinski definition) is 1. The fourth-order valence-electron chi connectivity index (χ4n) is 1.83. The largest absolute Gasteiger partial charge is 0.308 e. The first-order valence-electron chi connectivity index (χ1n) is 5.81. The molecule has 90 valence electrons. The minimum absolute atomic E-state index is 0.384. The molecule has 1 N–H and O–H groups in total. The van der Waals surface area contributed by atoms with Gasteiger partial charge in [-0.25, -0.2) is 9.67 Å². The number of thioether (sulfide) groups is 1. The van der Waals surface area contributed by atoms with Gasteiger partial charge in [0, 0.05) is 17.3 Å². The second-order valence-corrected chi connectivity index (χ2v) is 5.98. The molecular formula is C11H20N4S. The van der Waals surface area contributed by atoms with E-state index in [-0.39, 0.29) is 0 Å². The van der Waals surface area contributed by atoms with Crippen molar-refractivity contribution < 1.29 is 0 Å². The zero-order valence-electron chi connectivity index (χ0n) is 10.2. The van der Waals surface area contributed by atoms with Crippen molar-refractivity contribution >= 4 is 11.8 Å². The predicted molar refractivity (Wildman–Crippen MR) is 67.6 cm³/mol. The normalized spacial score (nSPS) is 18.0. The minimum Gasteiger partial charge on any atom is -0.308 e. The maximum Gasteiger partial charge on any atom is 0.141 e. The van der Waals surface area contributed by atoms with Gasteiger partial charge >= 0.3 is 0 Å². The third-order valence-corrected chi connectivity index (χ3v) is 4.53. The van der Waals surface area contributed by atoms with Crippen LogP contribution in [0.4, 0.5) is 0 Å². The molecule has 1 aliphatic rings. The zero-order valence-corrected chi connectivity index (χ0v) is 11.0. The molecule has 0 atom stereocenters. The van der Waals surface area contributed by atoms with Gasteiger partial charge in [0.2, 0.25) is 0 Å². The quantitative estimate of drug-likeness (QED) is 0.824. The molecule has 0 saturated heterocycles. The lowest BCUT2D eigenvalue weighted by Crippen LogP contribution is -2.27. The van der Waals surface area contributed by atoms with Crippen molar-refractivity contribution in [1.29, 1.82) is 0 Å². The zero-order chi connectivity index (χ0) is 11.6. The molecule has 0 aliphatic heterocycles. The fraction of sp³-hybridized carbons (Fsp3) is 0.818. The Balaban J connectivity index is 1.83. The van der Waals surface area contributed by atoms with Crippen LogP contribution < -0.4 is 5.32 Å². The molecule has 1 fully saturated rings. The number of nitrogens with zero attached hydrogens (tertiary/aromatic N) is 3. The van der Waals surface area contributed by atoms with Gasteiger partial charge in [-0.05, 0) is 32.9 Å². The van der Waals surface area contributed by atoms with Gasteiger partial charge in [-0.2, -0.15) is 16.9 Å². The second kappa shape index (κ2) is 4.75. The molecule has 2 rings (SSSR count). The summed E-state index contributed by atoms with van der Waals surface area (Å²) >= 11 is 1.98. The van der Waals surface area contributed by atoms with Crippen LogP contribution in [-0.2, 0) is 6.54 Å². The van der Waals surface area contributed by atoms with Crippen LogP contribution in [0.3, 0.4) is 0 Å². The summed E-state index contributed by atoms with van der Waals surface area (Å²) in [5.41, 5.74) is 0. The summed E-state index contributed by atoms with van der Waals surface area (Å²) in [5, 5.41) is 7.72. The van der Waals surface area contributed by atoms with Crippen molar-refractivity contribution in [1.82, 2.24) is 20.1 Å². The van der Waals surface area contributed by atoms with E-state index in [1.54, 1.807) is 6.33 Å². The molecular weight excluding hydrogens is 220 g/mol. The molecule has 0 unspecified atom stereocenters. The van der Waals surface area contributed by atoms with E-state index < -0.39 is 0 Å². The standard InChI is InChI=1S/C11H20N4S/c1-9(2)15-10(13-8-14-15)6-12-7-11(16-3)4-5-11/h8-9,12H,4-7H2,1-3H3. The van der Waals surface area contributed by atoms with Crippen molar-refractivity contribution in [3.05, 3.63) is 12.2 Å². The van der Waals surface area contributed by atoms with Crippen LogP contribution in [-0.4, -0.2) is 32.3 Å².